The van der Waals surface area contributed by atoms with Crippen LogP contribution < -0.4 is 5.73 Å². The summed E-state index contributed by atoms with van der Waals surface area (Å²) in [6.45, 7) is 5.37. The number of hydrogen-bond donors (Lipinski definition) is 1. The van der Waals surface area contributed by atoms with Gasteiger partial charge >= 0.3 is 0 Å². The monoisotopic (exact) mass is 336 g/mol. The van der Waals surface area contributed by atoms with Gasteiger partial charge in [0.05, 0.1) is 11.1 Å². The number of fused-ring (bicyclic) bond motifs is 1. The van der Waals surface area contributed by atoms with E-state index in [0.29, 0.717) is 28.0 Å². The van der Waals surface area contributed by atoms with Gasteiger partial charge in [0.2, 0.25) is 0 Å². The number of ketones is 1. The van der Waals surface area contributed by atoms with Crippen molar-refractivity contribution >= 4 is 17.6 Å². The molecule has 1 aliphatic heterocycles. The molecule has 128 valence electrons. The fraction of sp³-hybridized carbons (Fsp3) is 0.250. The zero-order valence-electron chi connectivity index (χ0n) is 14.4. The molecule has 2 amide bonds. The Kier molecular flexibility index (Phi) is 4.17. The molecule has 0 saturated heterocycles. The maximum absolute atomic E-state index is 13.2. The average molecular weight is 336 g/mol. The molecule has 2 N–H and O–H groups in total. The molecule has 1 aliphatic carbocycles. The summed E-state index contributed by atoms with van der Waals surface area (Å²) < 4.78 is 0. The number of benzene rings is 1. The maximum Gasteiger partial charge on any atom is 0.262 e. The third-order valence-electron chi connectivity index (χ3n) is 4.51. The Labute approximate surface area is 146 Å². The highest BCUT2D eigenvalue weighted by molar-refractivity contribution is 6.24. The lowest BCUT2D eigenvalue weighted by atomic mass is 9.90. The molecule has 0 radical (unpaired) electrons. The zero-order valence-corrected chi connectivity index (χ0v) is 14.4. The largest absolute Gasteiger partial charge is 0.402 e. The predicted molar refractivity (Wildman–Crippen MR) is 94.7 cm³/mol. The Balaban J connectivity index is 2.02. The second-order valence-corrected chi connectivity index (χ2v) is 6.62. The summed E-state index contributed by atoms with van der Waals surface area (Å²) in [5.74, 6) is -1.34. The van der Waals surface area contributed by atoms with Crippen LogP contribution in [0, 0.1) is 5.92 Å². The van der Waals surface area contributed by atoms with Gasteiger partial charge in [0.1, 0.15) is 6.04 Å². The van der Waals surface area contributed by atoms with E-state index in [0.717, 1.165) is 4.90 Å². The lowest BCUT2D eigenvalue weighted by Gasteiger charge is -2.29. The number of rotatable bonds is 4. The fourth-order valence-corrected chi connectivity index (χ4v) is 3.32. The summed E-state index contributed by atoms with van der Waals surface area (Å²) in [6.07, 6.45) is 5.20. The average Bonchev–Trinajstić information content (AvgIpc) is 3.15. The van der Waals surface area contributed by atoms with E-state index in [1.807, 2.05) is 13.8 Å². The van der Waals surface area contributed by atoms with Crippen molar-refractivity contribution in [2.24, 2.45) is 11.7 Å². The number of nitrogens with zero attached hydrogens (tertiary/aromatic N) is 1. The van der Waals surface area contributed by atoms with Gasteiger partial charge in [0, 0.05) is 16.8 Å². The van der Waals surface area contributed by atoms with Crippen LogP contribution in [0.2, 0.25) is 0 Å². The van der Waals surface area contributed by atoms with Crippen molar-refractivity contribution in [3.8, 4) is 0 Å². The molecule has 0 bridgehead atoms. The highest BCUT2D eigenvalue weighted by Crippen LogP contribution is 2.31. The first-order valence-electron chi connectivity index (χ1n) is 8.20. The third kappa shape index (κ3) is 2.61. The minimum Gasteiger partial charge on any atom is -0.402 e. The van der Waals surface area contributed by atoms with E-state index < -0.39 is 17.9 Å². The van der Waals surface area contributed by atoms with E-state index in [1.54, 1.807) is 49.4 Å². The number of Topliss-reactive ketones (excluding diaryl/α,β-unsaturated/α-hetero) is 1. The number of nitrogens with two attached hydrogens (primary N) is 1. The van der Waals surface area contributed by atoms with Crippen molar-refractivity contribution in [2.45, 2.75) is 26.8 Å². The van der Waals surface area contributed by atoms with Crippen molar-refractivity contribution < 1.29 is 14.4 Å². The van der Waals surface area contributed by atoms with Gasteiger partial charge in [0.25, 0.3) is 11.8 Å². The Bertz CT molecular complexity index is 836. The van der Waals surface area contributed by atoms with Crippen LogP contribution in [-0.4, -0.2) is 28.5 Å². The highest BCUT2D eigenvalue weighted by atomic mass is 16.2. The van der Waals surface area contributed by atoms with Gasteiger partial charge in [-0.25, -0.2) is 0 Å². The van der Waals surface area contributed by atoms with Gasteiger partial charge in [0.15, 0.2) is 5.78 Å². The molecule has 0 spiro atoms. The van der Waals surface area contributed by atoms with Crippen LogP contribution in [0.3, 0.4) is 0 Å². The van der Waals surface area contributed by atoms with E-state index in [-0.39, 0.29) is 11.7 Å². The minimum atomic E-state index is -0.868. The molecule has 3 rings (SSSR count). The second-order valence-electron chi connectivity index (χ2n) is 6.62. The molecule has 0 saturated carbocycles. The minimum absolute atomic E-state index is 0.226. The van der Waals surface area contributed by atoms with Gasteiger partial charge < -0.3 is 5.73 Å². The van der Waals surface area contributed by atoms with E-state index in [9.17, 15) is 14.4 Å². The fourth-order valence-electron chi connectivity index (χ4n) is 3.32. The highest BCUT2D eigenvalue weighted by Gasteiger charge is 2.44. The molecule has 0 aromatic heterocycles. The molecule has 1 heterocycles. The number of allylic oxidation sites excluding steroid dienone is 5. The molecule has 5 heteroatoms. The van der Waals surface area contributed by atoms with Crippen molar-refractivity contribution in [3.63, 3.8) is 0 Å². The van der Waals surface area contributed by atoms with E-state index in [4.69, 9.17) is 5.73 Å². The lowest BCUT2D eigenvalue weighted by Crippen LogP contribution is -2.48. The molecule has 1 aromatic carbocycles. The number of carbonyl (C=O) groups is 3. The predicted octanol–water partition coefficient (Wildman–Crippen LogP) is 2.61. The van der Waals surface area contributed by atoms with E-state index in [1.165, 1.54) is 0 Å². The lowest BCUT2D eigenvalue weighted by molar-refractivity contribution is -0.120. The molecule has 25 heavy (non-hydrogen) atoms. The number of amides is 2. The molecule has 5 nitrogen and oxygen atoms in total. The van der Waals surface area contributed by atoms with Crippen LogP contribution in [0.15, 0.2) is 59.3 Å². The zero-order chi connectivity index (χ0) is 18.3. The Hall–Kier alpha value is -2.95. The third-order valence-corrected chi connectivity index (χ3v) is 4.51. The van der Waals surface area contributed by atoms with Gasteiger partial charge in [-0.3, -0.25) is 19.3 Å². The first-order chi connectivity index (χ1) is 11.8. The number of hydrogen-bond acceptors (Lipinski definition) is 4. The van der Waals surface area contributed by atoms with Crippen molar-refractivity contribution in [2.75, 3.05) is 0 Å². The topological polar surface area (TPSA) is 80.5 Å². The summed E-state index contributed by atoms with van der Waals surface area (Å²) >= 11 is 0. The summed E-state index contributed by atoms with van der Waals surface area (Å²) in [6, 6.07) is 5.78. The summed E-state index contributed by atoms with van der Waals surface area (Å²) in [7, 11) is 0. The molecule has 1 aromatic rings. The van der Waals surface area contributed by atoms with Crippen LogP contribution in [0.5, 0.6) is 0 Å². The summed E-state index contributed by atoms with van der Waals surface area (Å²) in [4.78, 5) is 39.8. The first-order valence-corrected chi connectivity index (χ1v) is 8.20. The quantitative estimate of drug-likeness (QED) is 0.857. The van der Waals surface area contributed by atoms with E-state index >= 15 is 0 Å². The molecule has 2 aliphatic rings. The van der Waals surface area contributed by atoms with Crippen LogP contribution in [-0.2, 0) is 4.79 Å². The Morgan fingerprint density at radius 3 is 2.12 bits per heavy atom. The summed E-state index contributed by atoms with van der Waals surface area (Å²) in [5.41, 5.74) is 8.16. The normalized spacial score (nSPS) is 19.4. The molecular weight excluding hydrogens is 316 g/mol. The number of imide groups is 1. The molecular formula is C20H20N2O3. The van der Waals surface area contributed by atoms with Gasteiger partial charge in [-0.05, 0) is 25.0 Å². The van der Waals surface area contributed by atoms with Crippen LogP contribution in [0.25, 0.3) is 0 Å². The summed E-state index contributed by atoms with van der Waals surface area (Å²) in [5, 5.41) is 0. The van der Waals surface area contributed by atoms with Crippen LogP contribution >= 0.6 is 0 Å². The molecule has 1 atom stereocenters. The van der Waals surface area contributed by atoms with Gasteiger partial charge in [-0.2, -0.15) is 0 Å². The SMILES string of the molecule is C/C(N)=C1\C=CC=C1C(=O)C(C(C)C)N1C(=O)c2ccccc2C1=O. The van der Waals surface area contributed by atoms with Crippen molar-refractivity contribution in [1.29, 1.82) is 0 Å². The second kappa shape index (κ2) is 6.16. The first kappa shape index (κ1) is 16.9. The maximum atomic E-state index is 13.2. The standard InChI is InChI=1S/C20H20N2O3/c1-11(2)17(18(23)14-10-6-9-13(14)12(3)21)22-19(24)15-7-4-5-8-16(15)20(22)25/h4-11,17H,21H2,1-3H3/b13-12-. The Morgan fingerprint density at radius 2 is 1.64 bits per heavy atom. The Morgan fingerprint density at radius 1 is 1.08 bits per heavy atom. The van der Waals surface area contributed by atoms with Crippen molar-refractivity contribution in [3.05, 3.63) is 70.5 Å². The van der Waals surface area contributed by atoms with E-state index in [2.05, 4.69) is 0 Å². The van der Waals surface area contributed by atoms with Gasteiger partial charge in [-0.15, -0.1) is 0 Å². The van der Waals surface area contributed by atoms with Crippen molar-refractivity contribution in [1.82, 2.24) is 4.90 Å². The molecule has 1 unspecified atom stereocenters. The molecule has 0 fully saturated rings. The van der Waals surface area contributed by atoms with Crippen LogP contribution in [0.1, 0.15) is 41.5 Å². The van der Waals surface area contributed by atoms with Crippen LogP contribution in [0.4, 0.5) is 0 Å². The smallest absolute Gasteiger partial charge is 0.262 e. The van der Waals surface area contributed by atoms with Gasteiger partial charge in [-0.1, -0.05) is 44.2 Å². The number of carbonyl (C=O) groups excluding carboxylic acids is 3.